The summed E-state index contributed by atoms with van der Waals surface area (Å²) in [7, 11) is -9.91. The quantitative estimate of drug-likeness (QED) is 0.0222. The number of unbranched alkanes of at least 4 members (excludes halogenated alkanes) is 39. The van der Waals surface area contributed by atoms with Gasteiger partial charge >= 0.3 is 39.5 Å². The summed E-state index contributed by atoms with van der Waals surface area (Å²) in [5.41, 5.74) is 0. The Morgan fingerprint density at radius 2 is 0.548 bits per heavy atom. The molecule has 552 valence electrons. The van der Waals surface area contributed by atoms with E-state index in [1.807, 2.05) is 0 Å². The average molecular weight is 1370 g/mol. The zero-order valence-electron chi connectivity index (χ0n) is 60.7. The molecule has 93 heavy (non-hydrogen) atoms. The van der Waals surface area contributed by atoms with Gasteiger partial charge < -0.3 is 33.8 Å². The van der Waals surface area contributed by atoms with Gasteiger partial charge in [0.05, 0.1) is 26.4 Å². The van der Waals surface area contributed by atoms with Gasteiger partial charge in [0.1, 0.15) is 19.3 Å². The smallest absolute Gasteiger partial charge is 0.462 e. The van der Waals surface area contributed by atoms with Crippen molar-refractivity contribution in [1.29, 1.82) is 0 Å². The Morgan fingerprint density at radius 3 is 0.817 bits per heavy atom. The van der Waals surface area contributed by atoms with E-state index < -0.39 is 97.5 Å². The number of esters is 4. The standard InChI is InChI=1S/C74H144O17P2/c1-8-10-11-12-13-14-15-16-17-18-19-20-21-22-23-24-25-26-34-43-50-57-73(78)90-69(61-84-71(76)55-48-41-33-30-28-32-40-47-54-67(7)9-2)63-88-92(80,81)86-59-68(75)60-87-93(82,83)89-64-70(62-85-72(77)56-49-42-37-36-39-46-53-66(5)6)91-74(79)58-51-44-35-29-27-31-38-45-52-65(3)4/h65-70,75H,8-64H2,1-7H3,(H,80,81)(H,82,83)/t67?,68-,69-,70-/m1/s1. The average Bonchev–Trinajstić information content (AvgIpc) is 1.82. The topological polar surface area (TPSA) is 237 Å². The van der Waals surface area contributed by atoms with Crippen LogP contribution in [-0.2, 0) is 65.4 Å². The van der Waals surface area contributed by atoms with E-state index in [0.717, 1.165) is 108 Å². The Bertz CT molecular complexity index is 1820. The van der Waals surface area contributed by atoms with Crippen molar-refractivity contribution in [2.24, 2.45) is 17.8 Å². The third kappa shape index (κ3) is 67.0. The van der Waals surface area contributed by atoms with Crippen molar-refractivity contribution in [2.75, 3.05) is 39.6 Å². The summed E-state index contributed by atoms with van der Waals surface area (Å²) in [6.45, 7) is 11.7. The summed E-state index contributed by atoms with van der Waals surface area (Å²) in [5.74, 6) is 0.0481. The Morgan fingerprint density at radius 1 is 0.312 bits per heavy atom. The molecule has 0 aliphatic rings. The normalized spacial score (nSPS) is 14.4. The number of phosphoric ester groups is 2. The molecule has 0 saturated heterocycles. The van der Waals surface area contributed by atoms with Gasteiger partial charge in [0, 0.05) is 25.7 Å². The van der Waals surface area contributed by atoms with E-state index in [4.69, 9.17) is 37.0 Å². The van der Waals surface area contributed by atoms with E-state index in [1.165, 1.54) is 180 Å². The fourth-order valence-corrected chi connectivity index (χ4v) is 12.8. The van der Waals surface area contributed by atoms with Crippen molar-refractivity contribution in [3.63, 3.8) is 0 Å². The first-order valence-corrected chi connectivity index (χ1v) is 41.4. The highest BCUT2D eigenvalue weighted by Crippen LogP contribution is 2.45. The molecule has 0 saturated carbocycles. The lowest BCUT2D eigenvalue weighted by molar-refractivity contribution is -0.161. The zero-order valence-corrected chi connectivity index (χ0v) is 62.5. The molecule has 17 nitrogen and oxygen atoms in total. The number of carbonyl (C=O) groups excluding carboxylic acids is 4. The van der Waals surface area contributed by atoms with Gasteiger partial charge in [0.25, 0.3) is 0 Å². The van der Waals surface area contributed by atoms with Gasteiger partial charge in [-0.15, -0.1) is 0 Å². The number of aliphatic hydroxyl groups is 1. The Kier molecular flexibility index (Phi) is 63.4. The molecule has 19 heteroatoms. The molecule has 0 aliphatic heterocycles. The van der Waals surface area contributed by atoms with Crippen LogP contribution in [0.4, 0.5) is 0 Å². The molecule has 6 atom stereocenters. The van der Waals surface area contributed by atoms with Crippen molar-refractivity contribution in [3.05, 3.63) is 0 Å². The van der Waals surface area contributed by atoms with Crippen molar-refractivity contribution in [1.82, 2.24) is 0 Å². The van der Waals surface area contributed by atoms with E-state index in [0.29, 0.717) is 31.6 Å². The minimum absolute atomic E-state index is 0.103. The van der Waals surface area contributed by atoms with Gasteiger partial charge in [-0.3, -0.25) is 37.3 Å². The molecular formula is C74H144O17P2. The van der Waals surface area contributed by atoms with Gasteiger partial charge in [-0.05, 0) is 43.4 Å². The molecule has 0 aliphatic carbocycles. The molecule has 0 radical (unpaired) electrons. The molecule has 0 spiro atoms. The molecule has 0 amide bonds. The van der Waals surface area contributed by atoms with Crippen molar-refractivity contribution in [2.45, 2.75) is 394 Å². The van der Waals surface area contributed by atoms with Crippen LogP contribution in [0.5, 0.6) is 0 Å². The second-order valence-electron chi connectivity index (χ2n) is 27.9. The largest absolute Gasteiger partial charge is 0.472 e. The van der Waals surface area contributed by atoms with E-state index in [2.05, 4.69) is 48.5 Å². The number of carbonyl (C=O) groups is 4. The highest BCUT2D eigenvalue weighted by atomic mass is 31.2. The summed E-state index contributed by atoms with van der Waals surface area (Å²) >= 11 is 0. The number of hydrogen-bond donors (Lipinski definition) is 3. The molecule has 0 fully saturated rings. The van der Waals surface area contributed by atoms with Gasteiger partial charge in [0.15, 0.2) is 12.2 Å². The third-order valence-corrected chi connectivity index (χ3v) is 19.4. The SMILES string of the molecule is CCCCCCCCCCCCCCCCCCCCCCCC(=O)O[C@H](COC(=O)CCCCCCCCCCC(C)CC)COP(=O)(O)OC[C@@H](O)COP(=O)(O)OC[C@@H](COC(=O)CCCCCCCCC(C)C)OC(=O)CCCCCCCCCCC(C)C. The van der Waals surface area contributed by atoms with Crippen LogP contribution in [0.25, 0.3) is 0 Å². The lowest BCUT2D eigenvalue weighted by atomic mass is 9.99. The maximum atomic E-state index is 13.1. The first-order valence-electron chi connectivity index (χ1n) is 38.4. The van der Waals surface area contributed by atoms with Gasteiger partial charge in [-0.25, -0.2) is 9.13 Å². The maximum absolute atomic E-state index is 13.1. The molecule has 0 bridgehead atoms. The third-order valence-electron chi connectivity index (χ3n) is 17.5. The number of ether oxygens (including phenoxy) is 4. The van der Waals surface area contributed by atoms with Gasteiger partial charge in [0.2, 0.25) is 0 Å². The predicted octanol–water partition coefficient (Wildman–Crippen LogP) is 21.4. The first-order chi connectivity index (χ1) is 44.8. The molecule has 0 aromatic heterocycles. The summed E-state index contributed by atoms with van der Waals surface area (Å²) in [4.78, 5) is 72.6. The predicted molar refractivity (Wildman–Crippen MR) is 377 cm³/mol. The van der Waals surface area contributed by atoms with Crippen LogP contribution < -0.4 is 0 Å². The van der Waals surface area contributed by atoms with E-state index in [1.54, 1.807) is 0 Å². The van der Waals surface area contributed by atoms with Crippen molar-refractivity contribution in [3.8, 4) is 0 Å². The van der Waals surface area contributed by atoms with Crippen molar-refractivity contribution < 1.29 is 80.2 Å². The fourth-order valence-electron chi connectivity index (χ4n) is 11.2. The molecule has 3 N–H and O–H groups in total. The minimum Gasteiger partial charge on any atom is -0.462 e. The van der Waals surface area contributed by atoms with Gasteiger partial charge in [-0.1, -0.05) is 325 Å². The zero-order chi connectivity index (χ0) is 68.7. The maximum Gasteiger partial charge on any atom is 0.472 e. The summed E-state index contributed by atoms with van der Waals surface area (Å²) < 4.78 is 68.4. The van der Waals surface area contributed by atoms with Crippen LogP contribution in [0.15, 0.2) is 0 Å². The van der Waals surface area contributed by atoms with E-state index in [9.17, 15) is 43.2 Å². The first kappa shape index (κ1) is 91.1. The van der Waals surface area contributed by atoms with Crippen LogP contribution in [0.3, 0.4) is 0 Å². The molecule has 0 aromatic rings. The Labute approximate surface area is 568 Å². The number of rotatable bonds is 72. The Balaban J connectivity index is 5.18. The van der Waals surface area contributed by atoms with Crippen LogP contribution in [0.1, 0.15) is 376 Å². The monoisotopic (exact) mass is 1370 g/mol. The molecular weight excluding hydrogens is 1220 g/mol. The van der Waals surface area contributed by atoms with Crippen LogP contribution in [0.2, 0.25) is 0 Å². The highest BCUT2D eigenvalue weighted by Gasteiger charge is 2.30. The van der Waals surface area contributed by atoms with E-state index in [-0.39, 0.29) is 25.7 Å². The van der Waals surface area contributed by atoms with Crippen LogP contribution >= 0.6 is 15.6 Å². The summed E-state index contributed by atoms with van der Waals surface area (Å²) in [5, 5.41) is 10.6. The fraction of sp³-hybridized carbons (Fsp3) is 0.946. The molecule has 0 rings (SSSR count). The summed E-state index contributed by atoms with van der Waals surface area (Å²) in [6, 6.07) is 0. The Hall–Kier alpha value is -1.94. The number of phosphoric acid groups is 2. The number of aliphatic hydroxyl groups excluding tert-OH is 1. The lowest BCUT2D eigenvalue weighted by Crippen LogP contribution is -2.30. The second kappa shape index (κ2) is 64.7. The van der Waals surface area contributed by atoms with Crippen molar-refractivity contribution >= 4 is 39.5 Å². The molecule has 3 unspecified atom stereocenters. The number of hydrogen-bond acceptors (Lipinski definition) is 15. The van der Waals surface area contributed by atoms with Crippen LogP contribution in [0, 0.1) is 17.8 Å². The van der Waals surface area contributed by atoms with E-state index >= 15 is 0 Å². The van der Waals surface area contributed by atoms with Crippen LogP contribution in [-0.4, -0.2) is 96.7 Å². The highest BCUT2D eigenvalue weighted by molar-refractivity contribution is 7.47. The molecule has 0 heterocycles. The van der Waals surface area contributed by atoms with Gasteiger partial charge in [-0.2, -0.15) is 0 Å². The second-order valence-corrected chi connectivity index (χ2v) is 30.8. The minimum atomic E-state index is -4.96. The summed E-state index contributed by atoms with van der Waals surface area (Å²) in [6.07, 6.45) is 50.3. The molecule has 0 aromatic carbocycles. The lowest BCUT2D eigenvalue weighted by Gasteiger charge is -2.21.